The number of nitrogens with zero attached hydrogens (tertiary/aromatic N) is 1. The van der Waals surface area contributed by atoms with Crippen LogP contribution in [0.5, 0.6) is 0 Å². The SMILES string of the molecule is C=C/C=C(\C=C)CSc1ccc2c(c1)CCN2C(=O)c1ccc2[nH]c(=O)c(=O)[nH]c2c1. The van der Waals surface area contributed by atoms with Crippen LogP contribution in [0.4, 0.5) is 5.69 Å². The van der Waals surface area contributed by atoms with Crippen molar-refractivity contribution < 1.29 is 4.79 Å². The first kappa shape index (κ1) is 20.7. The fourth-order valence-electron chi connectivity index (χ4n) is 3.58. The molecule has 0 aliphatic carbocycles. The molecule has 7 heteroatoms. The van der Waals surface area contributed by atoms with Crippen molar-refractivity contribution in [3.8, 4) is 0 Å². The fourth-order valence-corrected chi connectivity index (χ4v) is 4.51. The summed E-state index contributed by atoms with van der Waals surface area (Å²) < 4.78 is 0. The average Bonchev–Trinajstić information content (AvgIpc) is 3.20. The molecule has 2 N–H and O–H groups in total. The molecule has 0 fully saturated rings. The highest BCUT2D eigenvalue weighted by Crippen LogP contribution is 2.33. The lowest BCUT2D eigenvalue weighted by molar-refractivity contribution is 0.0989. The first-order valence-electron chi connectivity index (χ1n) is 9.78. The van der Waals surface area contributed by atoms with E-state index in [9.17, 15) is 14.4 Å². The maximum Gasteiger partial charge on any atom is 0.314 e. The number of hydrogen-bond donors (Lipinski definition) is 2. The average molecular weight is 432 g/mol. The van der Waals surface area contributed by atoms with Crippen LogP contribution in [0.2, 0.25) is 0 Å². The van der Waals surface area contributed by atoms with Crippen LogP contribution < -0.4 is 16.0 Å². The zero-order valence-corrected chi connectivity index (χ0v) is 17.6. The van der Waals surface area contributed by atoms with E-state index in [1.54, 1.807) is 40.9 Å². The molecule has 1 aliphatic heterocycles. The van der Waals surface area contributed by atoms with E-state index in [4.69, 9.17) is 0 Å². The van der Waals surface area contributed by atoms with Gasteiger partial charge in [-0.15, -0.1) is 11.8 Å². The molecule has 0 spiro atoms. The number of aromatic nitrogens is 2. The third kappa shape index (κ3) is 4.18. The van der Waals surface area contributed by atoms with Crippen LogP contribution in [0.1, 0.15) is 15.9 Å². The number of amides is 1. The van der Waals surface area contributed by atoms with Gasteiger partial charge in [0.1, 0.15) is 0 Å². The number of benzene rings is 2. The fraction of sp³-hybridized carbons (Fsp3) is 0.125. The number of allylic oxidation sites excluding steroid dienone is 3. The van der Waals surface area contributed by atoms with Gasteiger partial charge in [-0.2, -0.15) is 0 Å². The highest BCUT2D eigenvalue weighted by molar-refractivity contribution is 7.99. The number of rotatable bonds is 6. The number of anilines is 1. The van der Waals surface area contributed by atoms with Crippen LogP contribution in [-0.4, -0.2) is 28.2 Å². The van der Waals surface area contributed by atoms with Gasteiger partial charge in [-0.1, -0.05) is 31.4 Å². The molecule has 4 rings (SSSR count). The van der Waals surface area contributed by atoms with Crippen LogP contribution in [0.3, 0.4) is 0 Å². The smallest absolute Gasteiger partial charge is 0.314 e. The predicted octanol–water partition coefficient (Wildman–Crippen LogP) is 3.81. The van der Waals surface area contributed by atoms with Crippen LogP contribution >= 0.6 is 11.8 Å². The molecule has 0 radical (unpaired) electrons. The molecule has 2 aromatic carbocycles. The molecule has 31 heavy (non-hydrogen) atoms. The molecule has 6 nitrogen and oxygen atoms in total. The summed E-state index contributed by atoms with van der Waals surface area (Å²) in [6, 6.07) is 11.0. The third-order valence-electron chi connectivity index (χ3n) is 5.16. The highest BCUT2D eigenvalue weighted by Gasteiger charge is 2.26. The van der Waals surface area contributed by atoms with Gasteiger partial charge in [0.15, 0.2) is 0 Å². The molecule has 0 atom stereocenters. The summed E-state index contributed by atoms with van der Waals surface area (Å²) >= 11 is 1.72. The Morgan fingerprint density at radius 1 is 1.06 bits per heavy atom. The van der Waals surface area contributed by atoms with E-state index in [0.29, 0.717) is 23.1 Å². The monoisotopic (exact) mass is 431 g/mol. The summed E-state index contributed by atoms with van der Waals surface area (Å²) in [5.41, 5.74) is 3.03. The number of carbonyl (C=O) groups excluding carboxylic acids is 1. The lowest BCUT2D eigenvalue weighted by atomic mass is 10.1. The lowest BCUT2D eigenvalue weighted by Crippen LogP contribution is -2.30. The maximum absolute atomic E-state index is 13.1. The molecule has 3 aromatic rings. The Balaban J connectivity index is 1.56. The molecular weight excluding hydrogens is 410 g/mol. The second kappa shape index (κ2) is 8.65. The first-order chi connectivity index (χ1) is 15.0. The van der Waals surface area contributed by atoms with Gasteiger partial charge in [0.05, 0.1) is 11.0 Å². The summed E-state index contributed by atoms with van der Waals surface area (Å²) in [5.74, 6) is 0.657. The topological polar surface area (TPSA) is 86.0 Å². The van der Waals surface area contributed by atoms with E-state index >= 15 is 0 Å². The molecule has 156 valence electrons. The number of nitrogens with one attached hydrogen (secondary N) is 2. The van der Waals surface area contributed by atoms with Crippen molar-refractivity contribution in [2.24, 2.45) is 0 Å². The minimum atomic E-state index is -0.740. The van der Waals surface area contributed by atoms with Crippen molar-refractivity contribution in [2.75, 3.05) is 17.2 Å². The summed E-state index contributed by atoms with van der Waals surface area (Å²) in [6.07, 6.45) is 6.31. The Kier molecular flexibility index (Phi) is 5.77. The standard InChI is InChI=1S/C24H21N3O3S/c1-3-5-15(4-2)14-31-18-7-9-21-16(12-18)10-11-27(21)24(30)17-6-8-19-20(13-17)26-23(29)22(28)25-19/h3-9,12-13H,1-2,10-11,14H2,(H,25,28)(H,26,29)/b15-5+. The van der Waals surface area contributed by atoms with Crippen molar-refractivity contribution >= 4 is 34.4 Å². The largest absolute Gasteiger partial charge is 0.316 e. The zero-order valence-electron chi connectivity index (χ0n) is 16.8. The Labute approximate surface area is 183 Å². The van der Waals surface area contributed by atoms with Gasteiger partial charge in [0, 0.05) is 28.4 Å². The van der Waals surface area contributed by atoms with E-state index in [2.05, 4.69) is 29.2 Å². The van der Waals surface area contributed by atoms with Crippen molar-refractivity contribution in [2.45, 2.75) is 11.3 Å². The van der Waals surface area contributed by atoms with Gasteiger partial charge in [0.2, 0.25) is 0 Å². The highest BCUT2D eigenvalue weighted by atomic mass is 32.2. The van der Waals surface area contributed by atoms with E-state index in [1.165, 1.54) is 0 Å². The number of H-pyrrole nitrogens is 2. The Morgan fingerprint density at radius 3 is 2.58 bits per heavy atom. The molecule has 1 aliphatic rings. The van der Waals surface area contributed by atoms with E-state index in [1.807, 2.05) is 24.3 Å². The van der Waals surface area contributed by atoms with Crippen LogP contribution in [0.15, 0.2) is 87.8 Å². The van der Waals surface area contributed by atoms with Crippen molar-refractivity contribution in [1.29, 1.82) is 0 Å². The van der Waals surface area contributed by atoms with Gasteiger partial charge < -0.3 is 14.9 Å². The summed E-state index contributed by atoms with van der Waals surface area (Å²) in [4.78, 5) is 44.1. The van der Waals surface area contributed by atoms with Gasteiger partial charge >= 0.3 is 11.1 Å². The van der Waals surface area contributed by atoms with E-state index in [0.717, 1.165) is 33.9 Å². The third-order valence-corrected chi connectivity index (χ3v) is 6.23. The molecule has 0 unspecified atom stereocenters. The normalized spacial score (nSPS) is 13.3. The van der Waals surface area contributed by atoms with E-state index < -0.39 is 11.1 Å². The number of hydrogen-bond acceptors (Lipinski definition) is 4. The molecule has 0 saturated carbocycles. The second-order valence-corrected chi connectivity index (χ2v) is 8.18. The lowest BCUT2D eigenvalue weighted by Gasteiger charge is -2.18. The second-order valence-electron chi connectivity index (χ2n) is 7.14. The van der Waals surface area contributed by atoms with Gasteiger partial charge in [0.25, 0.3) is 5.91 Å². The minimum Gasteiger partial charge on any atom is -0.316 e. The van der Waals surface area contributed by atoms with Crippen LogP contribution in [0, 0.1) is 0 Å². The Bertz CT molecular complexity index is 1350. The first-order valence-corrected chi connectivity index (χ1v) is 10.8. The van der Waals surface area contributed by atoms with Crippen LogP contribution in [-0.2, 0) is 6.42 Å². The predicted molar refractivity (Wildman–Crippen MR) is 126 cm³/mol. The van der Waals surface area contributed by atoms with Gasteiger partial charge in [-0.05, 0) is 54.0 Å². The maximum atomic E-state index is 13.1. The molecule has 1 amide bonds. The van der Waals surface area contributed by atoms with Crippen LogP contribution in [0.25, 0.3) is 11.0 Å². The summed E-state index contributed by atoms with van der Waals surface area (Å²) in [6.45, 7) is 8.14. The molecule has 1 aromatic heterocycles. The number of thioether (sulfide) groups is 1. The Morgan fingerprint density at radius 2 is 1.84 bits per heavy atom. The zero-order chi connectivity index (χ0) is 22.0. The minimum absolute atomic E-state index is 0.143. The Hall–Kier alpha value is -3.58. The van der Waals surface area contributed by atoms with Crippen molar-refractivity contribution in [1.82, 2.24) is 9.97 Å². The molecular formula is C24H21N3O3S. The van der Waals surface area contributed by atoms with E-state index in [-0.39, 0.29) is 5.91 Å². The number of fused-ring (bicyclic) bond motifs is 2. The molecule has 0 saturated heterocycles. The summed E-state index contributed by atoms with van der Waals surface area (Å²) in [5, 5.41) is 0. The molecule has 2 heterocycles. The van der Waals surface area contributed by atoms with Gasteiger partial charge in [-0.25, -0.2) is 0 Å². The van der Waals surface area contributed by atoms with Crippen molar-refractivity contribution in [3.63, 3.8) is 0 Å². The quantitative estimate of drug-likeness (QED) is 0.353. The van der Waals surface area contributed by atoms with Gasteiger partial charge in [-0.3, -0.25) is 14.4 Å². The number of aromatic amines is 2. The van der Waals surface area contributed by atoms with Crippen molar-refractivity contribution in [3.05, 3.63) is 105 Å². The summed E-state index contributed by atoms with van der Waals surface area (Å²) in [7, 11) is 0. The molecule has 0 bridgehead atoms. The number of carbonyl (C=O) groups is 1.